The SMILES string of the molecule is C=CC/C=C/C/C=C/CCCCCCC.CCC/C=C/C/C=C/CCCCCCC.CCCCCC/C=C/CCCCCCC.CCCCCCCCCCCCCCC.CCCCCCC[CH-]C(C)CCCCCC.CCCCCCC[CH-]C(C)C[CH-]C(C)CCC.CC[CH-]CC(C)[CH-]CC(C)[CH-]CCCCCCC.[Y].[Y].[Y].[Y].[Y].[Y]. The predicted octanol–water partition coefficient (Wildman–Crippen LogP) is 41.8. The van der Waals surface area contributed by atoms with Gasteiger partial charge >= 0.3 is 0 Å². The van der Waals surface area contributed by atoms with Crippen LogP contribution in [0, 0.1) is 68.1 Å². The fourth-order valence-electron chi connectivity index (χ4n) is 13.5. The Balaban J connectivity index is -0.0000000973. The molecule has 0 saturated carbocycles. The summed E-state index contributed by atoms with van der Waals surface area (Å²) in [5, 5.41) is 0. The van der Waals surface area contributed by atoms with Gasteiger partial charge in [-0.05, 0) is 77.0 Å². The van der Waals surface area contributed by atoms with Gasteiger partial charge in [0.15, 0.2) is 0 Å². The third-order valence-electron chi connectivity index (χ3n) is 21.5. The van der Waals surface area contributed by atoms with Crippen LogP contribution < -0.4 is 0 Å². The van der Waals surface area contributed by atoms with Crippen molar-refractivity contribution in [1.82, 2.24) is 0 Å². The van der Waals surface area contributed by atoms with E-state index in [1.807, 2.05) is 6.08 Å². The van der Waals surface area contributed by atoms with E-state index in [9.17, 15) is 0 Å². The monoisotopic (exact) mass is 2090 g/mol. The summed E-state index contributed by atoms with van der Waals surface area (Å²) in [7, 11) is 0. The van der Waals surface area contributed by atoms with Gasteiger partial charge < -0.3 is 38.5 Å². The Morgan fingerprint density at radius 2 is 0.419 bits per heavy atom. The summed E-state index contributed by atoms with van der Waals surface area (Å²) in [6.07, 6.45) is 136. The zero-order chi connectivity index (χ0) is 83.4. The summed E-state index contributed by atoms with van der Waals surface area (Å²) >= 11 is 0. The van der Waals surface area contributed by atoms with Crippen LogP contribution in [0.25, 0.3) is 0 Å². The van der Waals surface area contributed by atoms with Gasteiger partial charge in [0.1, 0.15) is 0 Å². The van der Waals surface area contributed by atoms with Crippen molar-refractivity contribution in [3.8, 4) is 0 Å². The van der Waals surface area contributed by atoms with Crippen molar-refractivity contribution >= 4 is 0 Å². The first-order chi connectivity index (χ1) is 54.4. The Hall–Kier alpha value is 5.06. The van der Waals surface area contributed by atoms with Crippen LogP contribution in [0.5, 0.6) is 0 Å². The van der Waals surface area contributed by atoms with Gasteiger partial charge in [-0.3, -0.25) is 0 Å². The molecule has 0 nitrogen and oxygen atoms in total. The molecule has 0 aliphatic rings. The van der Waals surface area contributed by atoms with Gasteiger partial charge in [-0.2, -0.15) is 55.3 Å². The summed E-state index contributed by atoms with van der Waals surface area (Å²) in [5.74, 6) is 3.95. The smallest absolute Gasteiger partial charge is 0 e. The van der Waals surface area contributed by atoms with Gasteiger partial charge in [0.25, 0.3) is 0 Å². The second-order valence-corrected chi connectivity index (χ2v) is 34.2. The van der Waals surface area contributed by atoms with Crippen molar-refractivity contribution in [2.45, 2.75) is 574 Å². The van der Waals surface area contributed by atoms with Gasteiger partial charge in [0.2, 0.25) is 0 Å². The van der Waals surface area contributed by atoms with Crippen LogP contribution in [0.1, 0.15) is 574 Å². The summed E-state index contributed by atoms with van der Waals surface area (Å²) < 4.78 is 0. The molecule has 0 rings (SSSR count). The first-order valence-corrected chi connectivity index (χ1v) is 51.2. The van der Waals surface area contributed by atoms with Crippen LogP contribution in [-0.2, 0) is 196 Å². The maximum atomic E-state index is 3.67. The number of hydrogen-bond acceptors (Lipinski definition) is 0. The van der Waals surface area contributed by atoms with Gasteiger partial charge in [-0.1, -0.05) is 519 Å². The topological polar surface area (TPSA) is 0 Å². The number of allylic oxidation sites excluding steroid dienone is 11. The summed E-state index contributed by atoms with van der Waals surface area (Å²) in [6.45, 7) is 45.0. The normalized spacial score (nSPS) is 12.0. The zero-order valence-corrected chi connectivity index (χ0v) is 101. The molecule has 5 atom stereocenters. The quantitative estimate of drug-likeness (QED) is 0.0323. The molecule has 0 amide bonds. The van der Waals surface area contributed by atoms with Crippen molar-refractivity contribution in [2.75, 3.05) is 0 Å². The van der Waals surface area contributed by atoms with E-state index in [2.05, 4.69) is 230 Å². The molecule has 0 aliphatic heterocycles. The van der Waals surface area contributed by atoms with E-state index in [1.54, 1.807) is 0 Å². The third kappa shape index (κ3) is 171. The van der Waals surface area contributed by atoms with Crippen molar-refractivity contribution < 1.29 is 196 Å². The van der Waals surface area contributed by atoms with Crippen molar-refractivity contribution in [2.24, 2.45) is 29.6 Å². The van der Waals surface area contributed by atoms with E-state index in [0.29, 0.717) is 0 Å². The minimum atomic E-state index is 0. The summed E-state index contributed by atoms with van der Waals surface area (Å²) in [6, 6.07) is 0. The molecule has 0 N–H and O–H groups in total. The molecule has 6 heteroatoms. The minimum Gasteiger partial charge on any atom is -0.331 e. The second-order valence-electron chi connectivity index (χ2n) is 34.2. The van der Waals surface area contributed by atoms with Crippen LogP contribution in [0.2, 0.25) is 0 Å². The molecular weight excluding hydrogens is 1870 g/mol. The number of hydrogen-bond donors (Lipinski definition) is 0. The van der Waals surface area contributed by atoms with E-state index in [4.69, 9.17) is 0 Å². The maximum Gasteiger partial charge on any atom is 0 e. The molecule has 6 radical (unpaired) electrons. The van der Waals surface area contributed by atoms with E-state index in [-0.39, 0.29) is 196 Å². The molecule has 0 aromatic carbocycles. The Morgan fingerprint density at radius 3 is 0.709 bits per heavy atom. The first-order valence-electron chi connectivity index (χ1n) is 51.2. The Labute approximate surface area is 899 Å². The molecular formula is C111H218Y6-6. The molecule has 0 aliphatic carbocycles. The Morgan fingerprint density at radius 1 is 0.197 bits per heavy atom. The van der Waals surface area contributed by atoms with Gasteiger partial charge in [0.05, 0.1) is 0 Å². The number of rotatable bonds is 80. The molecule has 117 heavy (non-hydrogen) atoms. The molecule has 0 heterocycles. The Bertz CT molecular complexity index is 1640. The van der Waals surface area contributed by atoms with Crippen LogP contribution in [0.4, 0.5) is 0 Å². The van der Waals surface area contributed by atoms with Crippen LogP contribution in [-0.4, -0.2) is 0 Å². The first kappa shape index (κ1) is 150. The van der Waals surface area contributed by atoms with Gasteiger partial charge in [-0.25, -0.2) is 19.3 Å². The average Bonchev–Trinajstić information content (AvgIpc) is 1.02. The molecule has 5 unspecified atom stereocenters. The molecule has 686 valence electrons. The maximum absolute atomic E-state index is 3.67. The van der Waals surface area contributed by atoms with Crippen LogP contribution in [0.15, 0.2) is 73.4 Å². The largest absolute Gasteiger partial charge is 0.331 e. The van der Waals surface area contributed by atoms with Gasteiger partial charge in [-0.15, -0.1) is 6.58 Å². The summed E-state index contributed by atoms with van der Waals surface area (Å²) in [5.41, 5.74) is 0. The molecule has 0 aromatic rings. The van der Waals surface area contributed by atoms with Crippen LogP contribution >= 0.6 is 0 Å². The predicted molar refractivity (Wildman–Crippen MR) is 524 cm³/mol. The van der Waals surface area contributed by atoms with Crippen molar-refractivity contribution in [1.29, 1.82) is 0 Å². The third-order valence-corrected chi connectivity index (χ3v) is 21.5. The zero-order valence-electron chi connectivity index (χ0n) is 84.4. The fraction of sp³-hybridized carbons (Fsp3) is 0.838. The summed E-state index contributed by atoms with van der Waals surface area (Å²) in [4.78, 5) is 0. The Kier molecular flexibility index (Phi) is 196. The van der Waals surface area contributed by atoms with Crippen molar-refractivity contribution in [3.05, 3.63) is 112 Å². The minimum absolute atomic E-state index is 0. The van der Waals surface area contributed by atoms with Crippen molar-refractivity contribution in [3.63, 3.8) is 0 Å². The molecule has 0 fully saturated rings. The van der Waals surface area contributed by atoms with E-state index < -0.39 is 0 Å². The molecule has 0 saturated heterocycles. The van der Waals surface area contributed by atoms with Gasteiger partial charge in [0, 0.05) is 196 Å². The van der Waals surface area contributed by atoms with E-state index in [0.717, 1.165) is 48.9 Å². The number of unbranched alkanes of at least 4 members (excludes halogenated alkanes) is 51. The van der Waals surface area contributed by atoms with E-state index >= 15 is 0 Å². The standard InChI is InChI=1S/C18H35.C17H34.C16H33.C15H32.C15H30.C15H28.C15H26.6Y/c1-5-7-9-10-11-12-14-18(4)16-15-17(3)13-8-6-2;1-5-7-8-9-10-11-13-17(4)15-14-16(3)12-6-2;1-4-6-8-10-11-13-15-16(3)14-12-9-7-5-2;4*1-3-5-7-9-11-13-15-14-12-10-8-6-4-2;;;;;;/h8,14-15,17-18H,5-7,9-13,16H2,1-4H3;13-14,16-17H,5-12,15H2,1-4H3;15-16H,4-14H2,1-3H3;3-15H2,1-2H3;13,15H,3-12,14H2,1-2H3;7,9,13,15H,3-6,8,10-12,14H2,1-2H3;3,7,9,13,15H,1,4-6,8,10-12,14H2,2H3;;;;;;/q-3;-2;-1;;;;;;;;;;/b;;;;15-13+;2*9-7+,15-13+;;;;;;. The second kappa shape index (κ2) is 152. The average molecular weight is 2090 g/mol. The molecule has 0 bridgehead atoms. The van der Waals surface area contributed by atoms with E-state index in [1.165, 1.54) is 430 Å². The molecule has 0 aromatic heterocycles. The van der Waals surface area contributed by atoms with Crippen LogP contribution in [0.3, 0.4) is 0 Å². The fourth-order valence-corrected chi connectivity index (χ4v) is 13.5. The molecule has 0 spiro atoms.